The normalized spacial score (nSPS) is 12.1. The van der Waals surface area contributed by atoms with Gasteiger partial charge in [0.1, 0.15) is 0 Å². The van der Waals surface area contributed by atoms with Crippen molar-refractivity contribution in [3.05, 3.63) is 89.5 Å². The van der Waals surface area contributed by atoms with Crippen LogP contribution in [-0.4, -0.2) is 16.8 Å². The topological polar surface area (TPSA) is 73.7 Å². The zero-order valence-electron chi connectivity index (χ0n) is 13.2. The predicted molar refractivity (Wildman–Crippen MR) is 97.2 cm³/mol. The maximum atomic E-state index is 11.5. The minimum absolute atomic E-state index is 0.382. The van der Waals surface area contributed by atoms with Gasteiger partial charge >= 0.3 is 0 Å². The fraction of sp³-hybridized carbons (Fsp3) is 0. The number of para-hydroxylation sites is 3. The molecule has 0 atom stereocenters. The Morgan fingerprint density at radius 2 is 1.56 bits per heavy atom. The highest BCUT2D eigenvalue weighted by Gasteiger charge is 2.17. The highest BCUT2D eigenvalue weighted by atomic mass is 16.5. The van der Waals surface area contributed by atoms with Gasteiger partial charge in [-0.1, -0.05) is 42.5 Å². The lowest BCUT2D eigenvalue weighted by molar-refractivity contribution is 0.0706. The summed E-state index contributed by atoms with van der Waals surface area (Å²) in [5.41, 5.74) is 7.49. The molecule has 0 saturated heterocycles. The molecular weight excluding hydrogens is 314 g/mol. The van der Waals surface area contributed by atoms with Gasteiger partial charge in [-0.3, -0.25) is 10.0 Å². The zero-order chi connectivity index (χ0) is 17.2. The van der Waals surface area contributed by atoms with E-state index in [1.54, 1.807) is 17.6 Å². The van der Waals surface area contributed by atoms with Crippen molar-refractivity contribution in [1.82, 2.24) is 5.48 Å². The molecule has 0 bridgehead atoms. The Morgan fingerprint density at radius 1 is 0.880 bits per heavy atom. The number of aliphatic imine (C=N–C) groups is 1. The lowest BCUT2D eigenvalue weighted by Gasteiger charge is -2.11. The Morgan fingerprint density at radius 3 is 2.32 bits per heavy atom. The number of nitrogens with zero attached hydrogens (tertiary/aromatic N) is 1. The average molecular weight is 329 g/mol. The van der Waals surface area contributed by atoms with Gasteiger partial charge < -0.3 is 5.32 Å². The quantitative estimate of drug-likeness (QED) is 0.384. The van der Waals surface area contributed by atoms with Crippen LogP contribution in [0.4, 0.5) is 17.1 Å². The van der Waals surface area contributed by atoms with Crippen molar-refractivity contribution < 1.29 is 10.0 Å². The van der Waals surface area contributed by atoms with Gasteiger partial charge in [-0.15, -0.1) is 0 Å². The third kappa shape index (κ3) is 2.77. The highest BCUT2D eigenvalue weighted by Crippen LogP contribution is 2.35. The van der Waals surface area contributed by atoms with E-state index in [1.807, 2.05) is 60.7 Å². The number of anilines is 2. The fourth-order valence-electron chi connectivity index (χ4n) is 2.87. The summed E-state index contributed by atoms with van der Waals surface area (Å²) in [6.45, 7) is 0. The number of benzene rings is 3. The molecule has 1 amide bonds. The van der Waals surface area contributed by atoms with Gasteiger partial charge in [-0.2, -0.15) is 0 Å². The number of hydrogen-bond acceptors (Lipinski definition) is 4. The number of nitrogens with one attached hydrogen (secondary N) is 2. The van der Waals surface area contributed by atoms with Crippen molar-refractivity contribution in [2.45, 2.75) is 0 Å². The van der Waals surface area contributed by atoms with Crippen molar-refractivity contribution in [3.8, 4) is 0 Å². The van der Waals surface area contributed by atoms with Crippen molar-refractivity contribution >= 4 is 28.7 Å². The third-order valence-electron chi connectivity index (χ3n) is 4.11. The number of hydrogen-bond donors (Lipinski definition) is 3. The summed E-state index contributed by atoms with van der Waals surface area (Å²) in [4.78, 5) is 16.4. The number of hydroxylamine groups is 1. The number of amides is 1. The van der Waals surface area contributed by atoms with E-state index in [0.717, 1.165) is 33.9 Å². The second kappa shape index (κ2) is 6.22. The average Bonchev–Trinajstić information content (AvgIpc) is 2.84. The molecule has 0 saturated carbocycles. The first-order valence-electron chi connectivity index (χ1n) is 7.85. The van der Waals surface area contributed by atoms with Gasteiger partial charge in [0.15, 0.2) is 0 Å². The molecule has 3 aromatic rings. The van der Waals surface area contributed by atoms with Crippen molar-refractivity contribution in [1.29, 1.82) is 0 Å². The second-order valence-corrected chi connectivity index (χ2v) is 5.67. The van der Waals surface area contributed by atoms with Crippen LogP contribution in [0.3, 0.4) is 0 Å². The first-order valence-corrected chi connectivity index (χ1v) is 7.85. The van der Waals surface area contributed by atoms with Crippen LogP contribution < -0.4 is 10.8 Å². The Kier molecular flexibility index (Phi) is 3.76. The fourth-order valence-corrected chi connectivity index (χ4v) is 2.87. The first kappa shape index (κ1) is 15.1. The summed E-state index contributed by atoms with van der Waals surface area (Å²) in [6, 6.07) is 22.8. The molecule has 4 rings (SSSR count). The summed E-state index contributed by atoms with van der Waals surface area (Å²) in [5.74, 6) is -0.540. The predicted octanol–water partition coefficient (Wildman–Crippen LogP) is 4.03. The Hall–Kier alpha value is -3.44. The molecule has 3 N–H and O–H groups in total. The summed E-state index contributed by atoms with van der Waals surface area (Å²) >= 11 is 0. The van der Waals surface area contributed by atoms with Crippen LogP contribution in [0.15, 0.2) is 77.8 Å². The molecule has 5 nitrogen and oxygen atoms in total. The van der Waals surface area contributed by atoms with Gasteiger partial charge in [0.2, 0.25) is 0 Å². The maximum absolute atomic E-state index is 11.5. The van der Waals surface area contributed by atoms with Crippen LogP contribution in [0.25, 0.3) is 0 Å². The van der Waals surface area contributed by atoms with E-state index >= 15 is 0 Å². The van der Waals surface area contributed by atoms with Crippen molar-refractivity contribution in [3.63, 3.8) is 0 Å². The Labute approximate surface area is 144 Å². The number of fused-ring (bicyclic) bond motifs is 2. The van der Waals surface area contributed by atoms with Gasteiger partial charge in [0, 0.05) is 22.4 Å². The first-order chi connectivity index (χ1) is 12.3. The standard InChI is InChI=1S/C20H15N3O2/c24-20(23-25)14-11-9-13(10-12-14)19-15-5-1-2-6-16(15)21-17-7-3-4-8-18(17)22-19/h1-12,21,25H,(H,23,24). The molecular formula is C20H15N3O2. The molecule has 0 unspecified atom stereocenters. The monoisotopic (exact) mass is 329 g/mol. The van der Waals surface area contributed by atoms with Crippen molar-refractivity contribution in [2.24, 2.45) is 4.99 Å². The molecule has 0 radical (unpaired) electrons. The van der Waals surface area contributed by atoms with Crippen LogP contribution >= 0.6 is 0 Å². The smallest absolute Gasteiger partial charge is 0.274 e. The number of carbonyl (C=O) groups is 1. The molecule has 0 fully saturated rings. The van der Waals surface area contributed by atoms with Crippen molar-refractivity contribution in [2.75, 3.05) is 5.32 Å². The van der Waals surface area contributed by atoms with Gasteiger partial charge in [0.25, 0.3) is 5.91 Å². The third-order valence-corrected chi connectivity index (χ3v) is 4.11. The van der Waals surface area contributed by atoms with E-state index in [1.165, 1.54) is 0 Å². The Balaban J connectivity index is 1.87. The van der Waals surface area contributed by atoms with E-state index in [-0.39, 0.29) is 0 Å². The van der Waals surface area contributed by atoms with Gasteiger partial charge in [-0.05, 0) is 30.3 Å². The van der Waals surface area contributed by atoms with Crippen LogP contribution in [0.1, 0.15) is 21.5 Å². The number of rotatable bonds is 2. The van der Waals surface area contributed by atoms with E-state index < -0.39 is 5.91 Å². The van der Waals surface area contributed by atoms with E-state index in [0.29, 0.717) is 5.56 Å². The van der Waals surface area contributed by atoms with E-state index in [9.17, 15) is 4.79 Å². The highest BCUT2D eigenvalue weighted by molar-refractivity contribution is 6.18. The largest absolute Gasteiger partial charge is 0.353 e. The minimum Gasteiger partial charge on any atom is -0.353 e. The SMILES string of the molecule is O=C(NO)c1ccc(C2=Nc3ccccc3Nc3ccccc32)cc1. The molecule has 0 spiro atoms. The van der Waals surface area contributed by atoms with Crippen LogP contribution in [0.2, 0.25) is 0 Å². The summed E-state index contributed by atoms with van der Waals surface area (Å²) in [7, 11) is 0. The van der Waals surface area contributed by atoms with Gasteiger partial charge in [0.05, 0.1) is 17.1 Å². The van der Waals surface area contributed by atoms with E-state index in [4.69, 9.17) is 10.2 Å². The molecule has 3 aromatic carbocycles. The molecule has 25 heavy (non-hydrogen) atoms. The zero-order valence-corrected chi connectivity index (χ0v) is 13.2. The second-order valence-electron chi connectivity index (χ2n) is 5.67. The summed E-state index contributed by atoms with van der Waals surface area (Å²) in [5, 5.41) is 12.2. The van der Waals surface area contributed by atoms with Crippen LogP contribution in [0.5, 0.6) is 0 Å². The molecule has 0 aliphatic carbocycles. The Bertz CT molecular complexity index is 978. The van der Waals surface area contributed by atoms with Crippen LogP contribution in [-0.2, 0) is 0 Å². The maximum Gasteiger partial charge on any atom is 0.274 e. The molecule has 122 valence electrons. The van der Waals surface area contributed by atoms with Crippen LogP contribution in [0, 0.1) is 0 Å². The molecule has 5 heteroatoms. The lowest BCUT2D eigenvalue weighted by Crippen LogP contribution is -2.18. The minimum atomic E-state index is -0.540. The van der Waals surface area contributed by atoms with Gasteiger partial charge in [-0.25, -0.2) is 10.5 Å². The molecule has 1 heterocycles. The van der Waals surface area contributed by atoms with E-state index in [2.05, 4.69) is 5.32 Å². The molecule has 0 aromatic heterocycles. The lowest BCUT2D eigenvalue weighted by atomic mass is 9.99. The molecule has 1 aliphatic rings. The summed E-state index contributed by atoms with van der Waals surface area (Å²) < 4.78 is 0. The summed E-state index contributed by atoms with van der Waals surface area (Å²) in [6.07, 6.45) is 0. The number of carbonyl (C=O) groups excluding carboxylic acids is 1. The molecule has 1 aliphatic heterocycles.